The molecule has 0 aliphatic heterocycles. The molecule has 0 saturated carbocycles. The van der Waals surface area contributed by atoms with Crippen LogP contribution in [0.3, 0.4) is 0 Å². The summed E-state index contributed by atoms with van der Waals surface area (Å²) in [7, 11) is 2.05. The monoisotopic (exact) mass is 258 g/mol. The van der Waals surface area contributed by atoms with E-state index in [4.69, 9.17) is 5.73 Å². The maximum absolute atomic E-state index is 6.17. The summed E-state index contributed by atoms with van der Waals surface area (Å²) in [6.45, 7) is 7.01. The highest BCUT2D eigenvalue weighted by atomic mass is 15.4. The van der Waals surface area contributed by atoms with Gasteiger partial charge in [-0.25, -0.2) is 4.68 Å². The second-order valence-electron chi connectivity index (χ2n) is 5.20. The maximum Gasteiger partial charge on any atom is 0.150 e. The van der Waals surface area contributed by atoms with Crippen molar-refractivity contribution in [2.24, 2.45) is 0 Å². The average molecular weight is 258 g/mol. The first-order valence-corrected chi connectivity index (χ1v) is 6.60. The van der Waals surface area contributed by atoms with E-state index in [0.717, 1.165) is 23.7 Å². The van der Waals surface area contributed by atoms with Crippen LogP contribution in [0, 0.1) is 6.92 Å². The summed E-state index contributed by atoms with van der Waals surface area (Å²) in [4.78, 5) is 2.16. The van der Waals surface area contributed by atoms with Crippen molar-refractivity contribution in [3.63, 3.8) is 0 Å². The van der Waals surface area contributed by atoms with Crippen LogP contribution in [0.1, 0.15) is 31.1 Å². The Bertz CT molecular complexity index is 543. The lowest BCUT2D eigenvalue weighted by atomic mass is 10.2. The van der Waals surface area contributed by atoms with E-state index in [1.165, 1.54) is 5.56 Å². The number of aryl methyl sites for hydroxylation is 1. The predicted octanol–water partition coefficient (Wildman–Crippen LogP) is 2.99. The number of rotatable bonds is 4. The van der Waals surface area contributed by atoms with Gasteiger partial charge in [-0.2, -0.15) is 5.10 Å². The SMILES string of the molecule is Cc1nn(C(C)C)c(N(C)Cc2ccccc2)c1N. The molecule has 0 bridgehead atoms. The molecule has 0 saturated heterocycles. The van der Waals surface area contributed by atoms with Gasteiger partial charge in [0.2, 0.25) is 0 Å². The zero-order valence-corrected chi connectivity index (χ0v) is 12.1. The molecule has 0 unspecified atom stereocenters. The van der Waals surface area contributed by atoms with Crippen molar-refractivity contribution in [2.75, 3.05) is 17.7 Å². The van der Waals surface area contributed by atoms with Crippen molar-refractivity contribution < 1.29 is 0 Å². The van der Waals surface area contributed by atoms with Crippen molar-refractivity contribution in [1.82, 2.24) is 9.78 Å². The van der Waals surface area contributed by atoms with Crippen molar-refractivity contribution in [1.29, 1.82) is 0 Å². The summed E-state index contributed by atoms with van der Waals surface area (Å²) in [5, 5.41) is 4.52. The van der Waals surface area contributed by atoms with Gasteiger partial charge in [-0.15, -0.1) is 0 Å². The molecule has 102 valence electrons. The zero-order valence-electron chi connectivity index (χ0n) is 12.1. The topological polar surface area (TPSA) is 47.1 Å². The molecule has 1 aromatic carbocycles. The average Bonchev–Trinajstić information content (AvgIpc) is 2.67. The van der Waals surface area contributed by atoms with Gasteiger partial charge in [-0.1, -0.05) is 30.3 Å². The van der Waals surface area contributed by atoms with E-state index in [1.807, 2.05) is 17.7 Å². The molecule has 0 spiro atoms. The first-order chi connectivity index (χ1) is 9.00. The van der Waals surface area contributed by atoms with E-state index in [-0.39, 0.29) is 0 Å². The van der Waals surface area contributed by atoms with Crippen LogP contribution < -0.4 is 10.6 Å². The fourth-order valence-electron chi connectivity index (χ4n) is 2.22. The highest BCUT2D eigenvalue weighted by Gasteiger charge is 2.18. The molecule has 0 atom stereocenters. The van der Waals surface area contributed by atoms with Crippen molar-refractivity contribution in [3.05, 3.63) is 41.6 Å². The van der Waals surface area contributed by atoms with Gasteiger partial charge in [-0.05, 0) is 26.3 Å². The molecular formula is C15H22N4. The summed E-state index contributed by atoms with van der Waals surface area (Å²) < 4.78 is 1.99. The summed E-state index contributed by atoms with van der Waals surface area (Å²) in [6.07, 6.45) is 0. The molecule has 2 rings (SSSR count). The van der Waals surface area contributed by atoms with Crippen LogP contribution in [0.15, 0.2) is 30.3 Å². The Labute approximate surface area is 114 Å². The van der Waals surface area contributed by atoms with Gasteiger partial charge in [-0.3, -0.25) is 0 Å². The summed E-state index contributed by atoms with van der Waals surface area (Å²) >= 11 is 0. The second-order valence-corrected chi connectivity index (χ2v) is 5.20. The quantitative estimate of drug-likeness (QED) is 0.917. The van der Waals surface area contributed by atoms with Crippen LogP contribution in [0.25, 0.3) is 0 Å². The highest BCUT2D eigenvalue weighted by molar-refractivity contribution is 5.66. The fraction of sp³-hybridized carbons (Fsp3) is 0.400. The Hall–Kier alpha value is -1.97. The molecule has 0 fully saturated rings. The van der Waals surface area contributed by atoms with E-state index in [0.29, 0.717) is 6.04 Å². The lowest BCUT2D eigenvalue weighted by Crippen LogP contribution is -2.22. The van der Waals surface area contributed by atoms with Crippen LogP contribution in [0.4, 0.5) is 11.5 Å². The number of nitrogens with two attached hydrogens (primary N) is 1. The maximum atomic E-state index is 6.17. The number of hydrogen-bond donors (Lipinski definition) is 1. The van der Waals surface area contributed by atoms with Gasteiger partial charge < -0.3 is 10.6 Å². The van der Waals surface area contributed by atoms with Gasteiger partial charge >= 0.3 is 0 Å². The molecule has 1 heterocycles. The van der Waals surface area contributed by atoms with Crippen LogP contribution >= 0.6 is 0 Å². The first-order valence-electron chi connectivity index (χ1n) is 6.60. The Morgan fingerprint density at radius 1 is 1.26 bits per heavy atom. The van der Waals surface area contributed by atoms with Gasteiger partial charge in [0, 0.05) is 19.6 Å². The van der Waals surface area contributed by atoms with E-state index >= 15 is 0 Å². The number of nitrogen functional groups attached to an aromatic ring is 1. The molecule has 4 heteroatoms. The predicted molar refractivity (Wildman–Crippen MR) is 80.3 cm³/mol. The summed E-state index contributed by atoms with van der Waals surface area (Å²) in [5.41, 5.74) is 9.10. The van der Waals surface area contributed by atoms with Crippen molar-refractivity contribution >= 4 is 11.5 Å². The van der Waals surface area contributed by atoms with Gasteiger partial charge in [0.1, 0.15) is 0 Å². The Morgan fingerprint density at radius 3 is 2.47 bits per heavy atom. The molecule has 19 heavy (non-hydrogen) atoms. The number of benzene rings is 1. The largest absolute Gasteiger partial charge is 0.394 e. The molecule has 1 aromatic heterocycles. The van der Waals surface area contributed by atoms with E-state index in [2.05, 4.69) is 55.2 Å². The fourth-order valence-corrected chi connectivity index (χ4v) is 2.22. The van der Waals surface area contributed by atoms with Gasteiger partial charge in [0.25, 0.3) is 0 Å². The van der Waals surface area contributed by atoms with E-state index in [1.54, 1.807) is 0 Å². The van der Waals surface area contributed by atoms with Crippen LogP contribution in [0.2, 0.25) is 0 Å². The van der Waals surface area contributed by atoms with Crippen molar-refractivity contribution in [3.8, 4) is 0 Å². The Kier molecular flexibility index (Phi) is 3.79. The molecule has 0 radical (unpaired) electrons. The lowest BCUT2D eigenvalue weighted by molar-refractivity contribution is 0.525. The Morgan fingerprint density at radius 2 is 1.89 bits per heavy atom. The minimum Gasteiger partial charge on any atom is -0.394 e. The minimum absolute atomic E-state index is 0.296. The molecule has 2 N–H and O–H groups in total. The van der Waals surface area contributed by atoms with Gasteiger partial charge in [0.05, 0.1) is 11.4 Å². The third kappa shape index (κ3) is 2.72. The third-order valence-electron chi connectivity index (χ3n) is 3.22. The number of anilines is 2. The lowest BCUT2D eigenvalue weighted by Gasteiger charge is -2.22. The third-order valence-corrected chi connectivity index (χ3v) is 3.22. The second kappa shape index (κ2) is 5.34. The molecule has 4 nitrogen and oxygen atoms in total. The molecule has 0 aliphatic carbocycles. The van der Waals surface area contributed by atoms with Gasteiger partial charge in [0.15, 0.2) is 5.82 Å². The van der Waals surface area contributed by atoms with E-state index < -0.39 is 0 Å². The minimum atomic E-state index is 0.296. The normalized spacial score (nSPS) is 11.0. The number of aromatic nitrogens is 2. The summed E-state index contributed by atoms with van der Waals surface area (Å²) in [5.74, 6) is 0.997. The Balaban J connectivity index is 2.31. The van der Waals surface area contributed by atoms with E-state index in [9.17, 15) is 0 Å². The molecule has 2 aromatic rings. The van der Waals surface area contributed by atoms with Crippen LogP contribution in [-0.2, 0) is 6.54 Å². The highest BCUT2D eigenvalue weighted by Crippen LogP contribution is 2.29. The number of nitrogens with zero attached hydrogens (tertiary/aromatic N) is 3. The number of hydrogen-bond acceptors (Lipinski definition) is 3. The van der Waals surface area contributed by atoms with Crippen molar-refractivity contribution in [2.45, 2.75) is 33.4 Å². The van der Waals surface area contributed by atoms with Crippen LogP contribution in [0.5, 0.6) is 0 Å². The smallest absolute Gasteiger partial charge is 0.150 e. The molecular weight excluding hydrogens is 236 g/mol. The summed E-state index contributed by atoms with van der Waals surface area (Å²) in [6, 6.07) is 10.7. The standard InChI is InChI=1S/C15H22N4/c1-11(2)19-15(14(16)12(3)17-19)18(4)10-13-8-6-5-7-9-13/h5-9,11H,10,16H2,1-4H3. The zero-order chi connectivity index (χ0) is 14.0. The molecule has 0 amide bonds. The van der Waals surface area contributed by atoms with Crippen LogP contribution in [-0.4, -0.2) is 16.8 Å². The first kappa shape index (κ1) is 13.5. The molecule has 0 aliphatic rings.